The molecule has 2 aromatic heterocycles. The van der Waals surface area contributed by atoms with Crippen LogP contribution in [0.4, 0.5) is 8.78 Å². The third-order valence-corrected chi connectivity index (χ3v) is 3.93. The minimum absolute atomic E-state index is 0.165. The number of rotatable bonds is 3. The number of hydrogen-bond acceptors (Lipinski definition) is 3. The summed E-state index contributed by atoms with van der Waals surface area (Å²) in [6.45, 7) is 0. The lowest BCUT2D eigenvalue weighted by Crippen LogP contribution is -2.14. The van der Waals surface area contributed by atoms with Gasteiger partial charge in [-0.15, -0.1) is 11.8 Å². The van der Waals surface area contributed by atoms with Crippen LogP contribution in [0.2, 0.25) is 0 Å². The molecule has 0 bridgehead atoms. The lowest BCUT2D eigenvalue weighted by atomic mass is 10.3. The Bertz CT molecular complexity index is 864. The maximum Gasteiger partial charge on any atom is 0.258 e. The number of hydrogen-bond donors (Lipinski definition) is 0. The number of halogens is 2. The number of thioether (sulfide) groups is 1. The summed E-state index contributed by atoms with van der Waals surface area (Å²) in [5, 5.41) is 0. The quantitative estimate of drug-likeness (QED) is 0.697. The minimum atomic E-state index is -0.883. The molecule has 0 saturated carbocycles. The molecule has 3 aromatic rings. The van der Waals surface area contributed by atoms with Crippen LogP contribution in [0.15, 0.2) is 58.4 Å². The molecule has 1 aromatic carbocycles. The van der Waals surface area contributed by atoms with Crippen LogP contribution in [0.5, 0.6) is 0 Å². The molecule has 6 heteroatoms. The van der Waals surface area contributed by atoms with Crippen LogP contribution in [-0.4, -0.2) is 9.38 Å². The molecule has 0 amide bonds. The summed E-state index contributed by atoms with van der Waals surface area (Å²) < 4.78 is 27.4. The van der Waals surface area contributed by atoms with Crippen LogP contribution >= 0.6 is 11.8 Å². The highest BCUT2D eigenvalue weighted by Crippen LogP contribution is 2.23. The maximum absolute atomic E-state index is 13.1. The zero-order valence-electron chi connectivity index (χ0n) is 10.8. The Hall–Kier alpha value is -2.21. The van der Waals surface area contributed by atoms with Gasteiger partial charge >= 0.3 is 0 Å². The molecular formula is C15H10F2N2OS. The fourth-order valence-electron chi connectivity index (χ4n) is 1.90. The van der Waals surface area contributed by atoms with Crippen molar-refractivity contribution in [3.63, 3.8) is 0 Å². The molecule has 0 atom stereocenters. The van der Waals surface area contributed by atoms with Crippen molar-refractivity contribution in [3.8, 4) is 0 Å². The Kier molecular flexibility index (Phi) is 3.70. The third-order valence-electron chi connectivity index (χ3n) is 2.90. The van der Waals surface area contributed by atoms with E-state index in [4.69, 9.17) is 0 Å². The van der Waals surface area contributed by atoms with Gasteiger partial charge in [0.1, 0.15) is 5.65 Å². The summed E-state index contributed by atoms with van der Waals surface area (Å²) in [5.41, 5.74) is 0.994. The summed E-state index contributed by atoms with van der Waals surface area (Å²) in [6.07, 6.45) is 1.65. The fraction of sp³-hybridized carbons (Fsp3) is 0.0667. The van der Waals surface area contributed by atoms with E-state index >= 15 is 0 Å². The lowest BCUT2D eigenvalue weighted by molar-refractivity contribution is 0.506. The van der Waals surface area contributed by atoms with Crippen molar-refractivity contribution in [1.82, 2.24) is 9.38 Å². The number of pyridine rings is 1. The minimum Gasteiger partial charge on any atom is -0.269 e. The van der Waals surface area contributed by atoms with E-state index in [1.165, 1.54) is 28.3 Å². The zero-order chi connectivity index (χ0) is 14.8. The summed E-state index contributed by atoms with van der Waals surface area (Å²) in [5.74, 6) is -1.35. The molecule has 0 aliphatic heterocycles. The SMILES string of the molecule is O=c1cc(CSc2ccc(F)c(F)c2)nc2ccccn12. The van der Waals surface area contributed by atoms with Gasteiger partial charge in [0.05, 0.1) is 5.69 Å². The van der Waals surface area contributed by atoms with Gasteiger partial charge in [-0.05, 0) is 30.3 Å². The molecule has 106 valence electrons. The van der Waals surface area contributed by atoms with Crippen molar-refractivity contribution in [2.45, 2.75) is 10.6 Å². The molecule has 0 unspecified atom stereocenters. The Morgan fingerprint density at radius 1 is 1.10 bits per heavy atom. The average Bonchev–Trinajstić information content (AvgIpc) is 2.49. The average molecular weight is 304 g/mol. The van der Waals surface area contributed by atoms with Crippen LogP contribution in [0.25, 0.3) is 5.65 Å². The predicted octanol–water partition coefficient (Wildman–Crippen LogP) is 3.27. The van der Waals surface area contributed by atoms with Gasteiger partial charge in [-0.25, -0.2) is 13.8 Å². The second kappa shape index (κ2) is 5.65. The molecule has 3 nitrogen and oxygen atoms in total. The highest BCUT2D eigenvalue weighted by molar-refractivity contribution is 7.98. The zero-order valence-corrected chi connectivity index (χ0v) is 11.6. The van der Waals surface area contributed by atoms with Crippen LogP contribution in [0, 0.1) is 11.6 Å². The molecule has 0 saturated heterocycles. The first-order valence-corrected chi connectivity index (χ1v) is 7.17. The molecule has 0 fully saturated rings. The van der Waals surface area contributed by atoms with E-state index < -0.39 is 11.6 Å². The van der Waals surface area contributed by atoms with E-state index in [0.29, 0.717) is 22.0 Å². The van der Waals surface area contributed by atoms with Gasteiger partial charge in [0, 0.05) is 22.9 Å². The van der Waals surface area contributed by atoms with E-state index in [-0.39, 0.29) is 5.56 Å². The summed E-state index contributed by atoms with van der Waals surface area (Å²) in [4.78, 5) is 16.9. The lowest BCUT2D eigenvalue weighted by Gasteiger charge is -2.04. The smallest absolute Gasteiger partial charge is 0.258 e. The second-order valence-corrected chi connectivity index (χ2v) is 5.43. The van der Waals surface area contributed by atoms with Crippen molar-refractivity contribution >= 4 is 17.4 Å². The van der Waals surface area contributed by atoms with Crippen molar-refractivity contribution < 1.29 is 8.78 Å². The molecular weight excluding hydrogens is 294 g/mol. The normalized spacial score (nSPS) is 11.0. The molecule has 21 heavy (non-hydrogen) atoms. The van der Waals surface area contributed by atoms with Gasteiger partial charge in [0.15, 0.2) is 11.6 Å². The Morgan fingerprint density at radius 2 is 1.95 bits per heavy atom. The van der Waals surface area contributed by atoms with E-state index in [1.807, 2.05) is 0 Å². The second-order valence-electron chi connectivity index (χ2n) is 4.38. The van der Waals surface area contributed by atoms with Crippen LogP contribution in [-0.2, 0) is 5.75 Å². The van der Waals surface area contributed by atoms with Gasteiger partial charge in [0.2, 0.25) is 0 Å². The summed E-state index contributed by atoms with van der Waals surface area (Å²) in [7, 11) is 0. The molecule has 0 N–H and O–H groups in total. The van der Waals surface area contributed by atoms with Crippen molar-refractivity contribution in [3.05, 3.63) is 76.3 Å². The highest BCUT2D eigenvalue weighted by Gasteiger charge is 2.05. The molecule has 2 heterocycles. The van der Waals surface area contributed by atoms with Gasteiger partial charge in [-0.2, -0.15) is 0 Å². The van der Waals surface area contributed by atoms with Gasteiger partial charge < -0.3 is 0 Å². The number of benzene rings is 1. The first kappa shape index (κ1) is 13.8. The maximum atomic E-state index is 13.1. The fourth-order valence-corrected chi connectivity index (χ4v) is 2.71. The highest BCUT2D eigenvalue weighted by atomic mass is 32.2. The predicted molar refractivity (Wildman–Crippen MR) is 77.4 cm³/mol. The Balaban J connectivity index is 1.85. The molecule has 0 radical (unpaired) electrons. The topological polar surface area (TPSA) is 34.4 Å². The Morgan fingerprint density at radius 3 is 2.76 bits per heavy atom. The summed E-state index contributed by atoms with van der Waals surface area (Å²) >= 11 is 1.30. The Labute approximate surface area is 123 Å². The van der Waals surface area contributed by atoms with Gasteiger partial charge in [-0.3, -0.25) is 9.20 Å². The molecule has 3 rings (SSSR count). The first-order chi connectivity index (χ1) is 10.1. The van der Waals surface area contributed by atoms with Crippen LogP contribution < -0.4 is 5.56 Å². The number of aromatic nitrogens is 2. The molecule has 0 aliphatic carbocycles. The van der Waals surface area contributed by atoms with Crippen molar-refractivity contribution in [2.24, 2.45) is 0 Å². The summed E-state index contributed by atoms with van der Waals surface area (Å²) in [6, 6.07) is 10.5. The third kappa shape index (κ3) is 2.95. The molecule has 0 aliphatic rings. The van der Waals surface area contributed by atoms with Crippen LogP contribution in [0.1, 0.15) is 5.69 Å². The number of fused-ring (bicyclic) bond motifs is 1. The van der Waals surface area contributed by atoms with Gasteiger partial charge in [-0.1, -0.05) is 6.07 Å². The van der Waals surface area contributed by atoms with E-state index in [0.717, 1.165) is 12.1 Å². The van der Waals surface area contributed by atoms with E-state index in [1.54, 1.807) is 24.4 Å². The van der Waals surface area contributed by atoms with E-state index in [2.05, 4.69) is 4.98 Å². The monoisotopic (exact) mass is 304 g/mol. The van der Waals surface area contributed by atoms with Crippen molar-refractivity contribution in [2.75, 3.05) is 0 Å². The van der Waals surface area contributed by atoms with Crippen LogP contribution in [0.3, 0.4) is 0 Å². The number of nitrogens with zero attached hydrogens (tertiary/aromatic N) is 2. The molecule has 0 spiro atoms. The van der Waals surface area contributed by atoms with Crippen molar-refractivity contribution in [1.29, 1.82) is 0 Å². The standard InChI is InChI=1S/C15H10F2N2OS/c16-12-5-4-11(8-13(12)17)21-9-10-7-15(20)19-6-2-1-3-14(19)18-10/h1-8H,9H2. The van der Waals surface area contributed by atoms with E-state index in [9.17, 15) is 13.6 Å². The largest absolute Gasteiger partial charge is 0.269 e. The first-order valence-electron chi connectivity index (χ1n) is 6.19. The van der Waals surface area contributed by atoms with Gasteiger partial charge in [0.25, 0.3) is 5.56 Å².